The van der Waals surface area contributed by atoms with E-state index in [9.17, 15) is 22.8 Å². The molecule has 1 heterocycles. The first-order chi connectivity index (χ1) is 14.7. The number of hydrogen-bond donors (Lipinski definition) is 1. The molecule has 4 rings (SSSR count). The number of carbonyl (C=O) groups is 2. The first kappa shape index (κ1) is 20.4. The lowest BCUT2D eigenvalue weighted by Gasteiger charge is -2.17. The number of carbonyl (C=O) groups excluding carboxylic acids is 2. The maximum absolute atomic E-state index is 13.7. The van der Waals surface area contributed by atoms with Crippen LogP contribution in [-0.2, 0) is 9.59 Å². The Labute approximate surface area is 176 Å². The molecule has 0 saturated carbocycles. The molecule has 4 nitrogen and oxygen atoms in total. The number of hydrogen-bond acceptors (Lipinski definition) is 3. The van der Waals surface area contributed by atoms with Crippen LogP contribution in [0.1, 0.15) is 16.7 Å². The average Bonchev–Trinajstić information content (AvgIpc) is 2.94. The molecule has 0 saturated heterocycles. The van der Waals surface area contributed by atoms with Crippen molar-refractivity contribution in [3.8, 4) is 0 Å². The molecule has 1 aliphatic heterocycles. The van der Waals surface area contributed by atoms with E-state index in [2.05, 4.69) is 5.32 Å². The third-order valence-corrected chi connectivity index (χ3v) is 4.87. The molecule has 156 valence electrons. The van der Waals surface area contributed by atoms with Gasteiger partial charge in [0.2, 0.25) is 0 Å². The van der Waals surface area contributed by atoms with Crippen molar-refractivity contribution in [3.63, 3.8) is 0 Å². The summed E-state index contributed by atoms with van der Waals surface area (Å²) in [6, 6.07) is 13.5. The van der Waals surface area contributed by atoms with Crippen molar-refractivity contribution in [2.24, 2.45) is 0 Å². The van der Waals surface area contributed by atoms with E-state index in [1.807, 2.05) is 19.9 Å². The molecule has 0 radical (unpaired) electrons. The SMILES string of the molecule is Cc1cc(C)cc(N2C(=O)C(Nc3ccc(F)c(F)c3)=C(c3ccc(F)cc3)C2=O)c1. The van der Waals surface area contributed by atoms with Gasteiger partial charge in [-0.3, -0.25) is 9.59 Å². The van der Waals surface area contributed by atoms with Gasteiger partial charge in [0.05, 0.1) is 11.3 Å². The van der Waals surface area contributed by atoms with Crippen LogP contribution in [0, 0.1) is 31.3 Å². The van der Waals surface area contributed by atoms with Crippen LogP contribution >= 0.6 is 0 Å². The number of anilines is 2. The van der Waals surface area contributed by atoms with Gasteiger partial charge in [0.25, 0.3) is 11.8 Å². The number of imide groups is 1. The van der Waals surface area contributed by atoms with E-state index in [1.54, 1.807) is 12.1 Å². The Morgan fingerprint density at radius 3 is 2.00 bits per heavy atom. The van der Waals surface area contributed by atoms with Gasteiger partial charge in [-0.15, -0.1) is 0 Å². The second kappa shape index (κ2) is 7.75. The molecule has 31 heavy (non-hydrogen) atoms. The molecular formula is C24H17F3N2O2. The zero-order chi connectivity index (χ0) is 22.3. The minimum atomic E-state index is -1.10. The quantitative estimate of drug-likeness (QED) is 0.594. The molecule has 0 spiro atoms. The van der Waals surface area contributed by atoms with Crippen LogP contribution in [0.3, 0.4) is 0 Å². The van der Waals surface area contributed by atoms with E-state index in [4.69, 9.17) is 0 Å². The second-order valence-electron chi connectivity index (χ2n) is 7.30. The largest absolute Gasteiger partial charge is 0.350 e. The Bertz CT molecular complexity index is 1230. The van der Waals surface area contributed by atoms with Crippen molar-refractivity contribution in [2.45, 2.75) is 13.8 Å². The Kier molecular flexibility index (Phi) is 5.10. The first-order valence-electron chi connectivity index (χ1n) is 9.44. The highest BCUT2D eigenvalue weighted by Gasteiger charge is 2.40. The topological polar surface area (TPSA) is 49.4 Å². The molecule has 0 aliphatic carbocycles. The van der Waals surface area contributed by atoms with Crippen LogP contribution in [-0.4, -0.2) is 11.8 Å². The summed E-state index contributed by atoms with van der Waals surface area (Å²) in [6.45, 7) is 3.69. The fraction of sp³-hybridized carbons (Fsp3) is 0.0833. The highest BCUT2D eigenvalue weighted by Crippen LogP contribution is 2.34. The molecule has 1 N–H and O–H groups in total. The van der Waals surface area contributed by atoms with Crippen molar-refractivity contribution in [2.75, 3.05) is 10.2 Å². The highest BCUT2D eigenvalue weighted by atomic mass is 19.2. The number of benzene rings is 3. The summed E-state index contributed by atoms with van der Waals surface area (Å²) in [7, 11) is 0. The number of nitrogens with one attached hydrogen (secondary N) is 1. The minimum Gasteiger partial charge on any atom is -0.350 e. The zero-order valence-electron chi connectivity index (χ0n) is 16.7. The lowest BCUT2D eigenvalue weighted by atomic mass is 10.0. The second-order valence-corrected chi connectivity index (χ2v) is 7.30. The Balaban J connectivity index is 1.84. The number of halogens is 3. The van der Waals surface area contributed by atoms with Crippen LogP contribution in [0.25, 0.3) is 5.57 Å². The van der Waals surface area contributed by atoms with Gasteiger partial charge in [-0.1, -0.05) is 18.2 Å². The third-order valence-electron chi connectivity index (χ3n) is 4.87. The summed E-state index contributed by atoms with van der Waals surface area (Å²) in [6.07, 6.45) is 0. The van der Waals surface area contributed by atoms with Crippen molar-refractivity contribution in [3.05, 3.63) is 101 Å². The van der Waals surface area contributed by atoms with E-state index >= 15 is 0 Å². The number of aryl methyl sites for hydroxylation is 2. The normalized spacial score (nSPS) is 13.9. The van der Waals surface area contributed by atoms with Gasteiger partial charge in [0, 0.05) is 11.8 Å². The molecule has 3 aromatic carbocycles. The summed E-state index contributed by atoms with van der Waals surface area (Å²) in [5.41, 5.74) is 2.42. The van der Waals surface area contributed by atoms with Gasteiger partial charge in [-0.25, -0.2) is 18.1 Å². The molecule has 2 amide bonds. The van der Waals surface area contributed by atoms with Crippen molar-refractivity contribution in [1.29, 1.82) is 0 Å². The molecule has 3 aromatic rings. The van der Waals surface area contributed by atoms with Crippen LogP contribution in [0.5, 0.6) is 0 Å². The molecule has 0 atom stereocenters. The van der Waals surface area contributed by atoms with Crippen molar-refractivity contribution in [1.82, 2.24) is 0 Å². The van der Waals surface area contributed by atoms with Crippen molar-refractivity contribution < 1.29 is 22.8 Å². The Hall–Kier alpha value is -3.87. The summed E-state index contributed by atoms with van der Waals surface area (Å²) >= 11 is 0. The number of rotatable bonds is 4. The maximum atomic E-state index is 13.7. The van der Waals surface area contributed by atoms with Gasteiger partial charge < -0.3 is 5.32 Å². The van der Waals surface area contributed by atoms with E-state index < -0.39 is 29.3 Å². The summed E-state index contributed by atoms with van der Waals surface area (Å²) in [4.78, 5) is 27.6. The third kappa shape index (κ3) is 3.82. The number of nitrogens with zero attached hydrogens (tertiary/aromatic N) is 1. The van der Waals surface area contributed by atoms with Crippen molar-refractivity contribution >= 4 is 28.8 Å². The average molecular weight is 422 g/mol. The van der Waals surface area contributed by atoms with Crippen LogP contribution < -0.4 is 10.2 Å². The molecule has 0 bridgehead atoms. The predicted molar refractivity (Wildman–Crippen MR) is 112 cm³/mol. The van der Waals surface area contributed by atoms with Gasteiger partial charge in [-0.05, 0) is 66.9 Å². The van der Waals surface area contributed by atoms with Crippen LogP contribution in [0.4, 0.5) is 24.5 Å². The fourth-order valence-electron chi connectivity index (χ4n) is 3.56. The lowest BCUT2D eigenvalue weighted by Crippen LogP contribution is -2.32. The van der Waals surface area contributed by atoms with E-state index in [-0.39, 0.29) is 17.0 Å². The maximum Gasteiger partial charge on any atom is 0.282 e. The molecule has 1 aliphatic rings. The molecule has 0 fully saturated rings. The van der Waals surface area contributed by atoms with E-state index in [0.717, 1.165) is 28.2 Å². The summed E-state index contributed by atoms with van der Waals surface area (Å²) in [5, 5.41) is 2.75. The summed E-state index contributed by atoms with van der Waals surface area (Å²) < 4.78 is 40.4. The summed E-state index contributed by atoms with van der Waals surface area (Å²) in [5.74, 6) is -3.89. The fourth-order valence-corrected chi connectivity index (χ4v) is 3.56. The van der Waals surface area contributed by atoms with E-state index in [0.29, 0.717) is 11.3 Å². The van der Waals surface area contributed by atoms with Crippen LogP contribution in [0.2, 0.25) is 0 Å². The smallest absolute Gasteiger partial charge is 0.282 e. The minimum absolute atomic E-state index is 0.00823. The first-order valence-corrected chi connectivity index (χ1v) is 9.44. The van der Waals surface area contributed by atoms with Gasteiger partial charge >= 0.3 is 0 Å². The number of amides is 2. The highest BCUT2D eigenvalue weighted by molar-refractivity contribution is 6.46. The molecule has 0 unspecified atom stereocenters. The van der Waals surface area contributed by atoms with Gasteiger partial charge in [0.15, 0.2) is 11.6 Å². The van der Waals surface area contributed by atoms with E-state index in [1.165, 1.54) is 30.3 Å². The molecular weight excluding hydrogens is 405 g/mol. The van der Waals surface area contributed by atoms with Gasteiger partial charge in [0.1, 0.15) is 11.5 Å². The molecule has 7 heteroatoms. The monoisotopic (exact) mass is 422 g/mol. The Morgan fingerprint density at radius 2 is 1.39 bits per heavy atom. The van der Waals surface area contributed by atoms with Crippen LogP contribution in [0.15, 0.2) is 66.4 Å². The molecule has 0 aromatic heterocycles. The zero-order valence-corrected chi connectivity index (χ0v) is 16.7. The Morgan fingerprint density at radius 1 is 0.742 bits per heavy atom. The lowest BCUT2D eigenvalue weighted by molar-refractivity contribution is -0.120. The standard InChI is InChI=1S/C24H17F3N2O2/c1-13-9-14(2)11-18(10-13)29-23(30)21(15-3-5-16(25)6-4-15)22(24(29)31)28-17-7-8-19(26)20(27)12-17/h3-12,28H,1-2H3. The van der Waals surface area contributed by atoms with Gasteiger partial charge in [-0.2, -0.15) is 0 Å². The predicted octanol–water partition coefficient (Wildman–Crippen LogP) is 5.12.